The van der Waals surface area contributed by atoms with Crippen LogP contribution in [-0.2, 0) is 0 Å². The average molecular weight is 272 g/mol. The molecule has 0 fully saturated rings. The fourth-order valence-electron chi connectivity index (χ4n) is 1.25. The van der Waals surface area contributed by atoms with Gasteiger partial charge in [-0.1, -0.05) is 0 Å². The maximum absolute atomic E-state index is 11.2. The highest BCUT2D eigenvalue weighted by molar-refractivity contribution is 7.10. The molecule has 0 unspecified atom stereocenters. The number of aromatic nitrogens is 1. The van der Waals surface area contributed by atoms with Gasteiger partial charge in [-0.15, -0.1) is 0 Å². The zero-order valence-electron chi connectivity index (χ0n) is 10.5. The van der Waals surface area contributed by atoms with Gasteiger partial charge in [-0.3, -0.25) is 0 Å². The lowest BCUT2D eigenvalue weighted by Gasteiger charge is -2.12. The second-order valence-corrected chi connectivity index (χ2v) is 4.60. The fraction of sp³-hybridized carbons (Fsp3) is 0.500. The number of anilines is 1. The Bertz CT molecular complexity index is 444. The van der Waals surface area contributed by atoms with Gasteiger partial charge in [0.15, 0.2) is 0 Å². The van der Waals surface area contributed by atoms with Crippen molar-refractivity contribution in [2.45, 2.75) is 6.92 Å². The summed E-state index contributed by atoms with van der Waals surface area (Å²) in [6.07, 6.45) is 0. The molecule has 1 rings (SSSR count). The van der Waals surface area contributed by atoms with E-state index >= 15 is 0 Å². The molecule has 1 heterocycles. The topological polar surface area (TPSA) is 94.6 Å². The summed E-state index contributed by atoms with van der Waals surface area (Å²) in [5.41, 5.74) is 0.686. The second-order valence-electron chi connectivity index (χ2n) is 3.83. The van der Waals surface area contributed by atoms with Crippen LogP contribution in [0.15, 0.2) is 0 Å². The zero-order chi connectivity index (χ0) is 13.7. The Morgan fingerprint density at radius 2 is 2.06 bits per heavy atom. The van der Waals surface area contributed by atoms with E-state index in [9.17, 15) is 9.59 Å². The Labute approximate surface area is 109 Å². The predicted octanol–water partition coefficient (Wildman–Crippen LogP) is 0.833. The van der Waals surface area contributed by atoms with Gasteiger partial charge in [-0.25, -0.2) is 9.59 Å². The van der Waals surface area contributed by atoms with Crippen LogP contribution < -0.4 is 10.6 Å². The molecule has 100 valence electrons. The molecule has 0 radical (unpaired) electrons. The highest BCUT2D eigenvalue weighted by Crippen LogP contribution is 2.23. The fourth-order valence-corrected chi connectivity index (χ4v) is 2.06. The van der Waals surface area contributed by atoms with Crippen molar-refractivity contribution in [2.24, 2.45) is 0 Å². The van der Waals surface area contributed by atoms with E-state index in [-0.39, 0.29) is 11.6 Å². The molecular formula is C10H16N4O3S. The summed E-state index contributed by atoms with van der Waals surface area (Å²) in [6, 6.07) is -0.184. The van der Waals surface area contributed by atoms with Crippen molar-refractivity contribution in [2.75, 3.05) is 32.5 Å². The Morgan fingerprint density at radius 3 is 2.61 bits per heavy atom. The van der Waals surface area contributed by atoms with E-state index in [2.05, 4.69) is 15.0 Å². The van der Waals surface area contributed by atoms with Gasteiger partial charge in [0, 0.05) is 27.2 Å². The van der Waals surface area contributed by atoms with Crippen molar-refractivity contribution < 1.29 is 14.7 Å². The first-order chi connectivity index (χ1) is 8.43. The van der Waals surface area contributed by atoms with Crippen LogP contribution >= 0.6 is 11.5 Å². The van der Waals surface area contributed by atoms with Crippen molar-refractivity contribution in [3.05, 3.63) is 11.3 Å². The Hall–Kier alpha value is -1.83. The minimum absolute atomic E-state index is 0.184. The molecule has 1 aromatic rings. The number of nitrogens with one attached hydrogen (secondary N) is 2. The lowest BCUT2D eigenvalue weighted by Crippen LogP contribution is -2.37. The minimum Gasteiger partial charge on any atom is -0.478 e. The van der Waals surface area contributed by atoms with E-state index in [0.29, 0.717) is 23.8 Å². The molecule has 1 aromatic heterocycles. The molecule has 0 aliphatic heterocycles. The normalized spacial score (nSPS) is 9.94. The summed E-state index contributed by atoms with van der Waals surface area (Å²) in [4.78, 5) is 23.6. The SMILES string of the molecule is Cc1nsc(NCCNC(=O)N(C)C)c1C(=O)O. The minimum atomic E-state index is -0.999. The van der Waals surface area contributed by atoms with E-state index < -0.39 is 5.97 Å². The number of carboxylic acids is 1. The molecule has 18 heavy (non-hydrogen) atoms. The van der Waals surface area contributed by atoms with Crippen molar-refractivity contribution in [1.29, 1.82) is 0 Å². The molecule has 8 heteroatoms. The summed E-state index contributed by atoms with van der Waals surface area (Å²) in [6.45, 7) is 2.51. The van der Waals surface area contributed by atoms with Crippen molar-refractivity contribution in [1.82, 2.24) is 14.6 Å². The van der Waals surface area contributed by atoms with Gasteiger partial charge in [-0.05, 0) is 18.5 Å². The molecule has 0 saturated heterocycles. The quantitative estimate of drug-likeness (QED) is 0.690. The van der Waals surface area contributed by atoms with Gasteiger partial charge in [0.05, 0.1) is 5.69 Å². The summed E-state index contributed by atoms with van der Waals surface area (Å²) >= 11 is 1.10. The molecular weight excluding hydrogens is 256 g/mol. The number of carbonyl (C=O) groups is 2. The van der Waals surface area contributed by atoms with E-state index in [1.54, 1.807) is 21.0 Å². The number of aromatic carboxylic acids is 1. The summed E-state index contributed by atoms with van der Waals surface area (Å²) in [5, 5.41) is 15.1. The molecule has 2 amide bonds. The number of hydrogen-bond donors (Lipinski definition) is 3. The van der Waals surface area contributed by atoms with Gasteiger partial charge >= 0.3 is 12.0 Å². The monoisotopic (exact) mass is 272 g/mol. The average Bonchev–Trinajstić information content (AvgIpc) is 2.65. The third-order valence-electron chi connectivity index (χ3n) is 2.17. The molecule has 7 nitrogen and oxygen atoms in total. The number of rotatable bonds is 5. The van der Waals surface area contributed by atoms with Crippen LogP contribution in [0.1, 0.15) is 16.1 Å². The first kappa shape index (κ1) is 14.2. The standard InChI is InChI=1S/C10H16N4O3S/c1-6-7(9(15)16)8(18-13-6)11-4-5-12-10(17)14(2)3/h11H,4-5H2,1-3H3,(H,12,17)(H,15,16). The van der Waals surface area contributed by atoms with Gasteiger partial charge in [0.25, 0.3) is 0 Å². The summed E-state index contributed by atoms with van der Waals surface area (Å²) < 4.78 is 3.98. The number of aryl methyl sites for hydroxylation is 1. The molecule has 3 N–H and O–H groups in total. The van der Waals surface area contributed by atoms with Crippen molar-refractivity contribution in [3.8, 4) is 0 Å². The number of amides is 2. The lowest BCUT2D eigenvalue weighted by molar-refractivity contribution is 0.0697. The maximum atomic E-state index is 11.2. The highest BCUT2D eigenvalue weighted by Gasteiger charge is 2.16. The first-order valence-electron chi connectivity index (χ1n) is 5.32. The molecule has 0 spiro atoms. The van der Waals surface area contributed by atoms with Crippen molar-refractivity contribution in [3.63, 3.8) is 0 Å². The number of carbonyl (C=O) groups excluding carboxylic acids is 1. The van der Waals surface area contributed by atoms with Crippen LogP contribution in [0.4, 0.5) is 9.80 Å². The summed E-state index contributed by atoms with van der Waals surface area (Å²) in [7, 11) is 3.30. The Balaban J connectivity index is 2.45. The smallest absolute Gasteiger partial charge is 0.340 e. The maximum Gasteiger partial charge on any atom is 0.340 e. The van der Waals surface area contributed by atoms with Crippen LogP contribution in [0, 0.1) is 6.92 Å². The van der Waals surface area contributed by atoms with Crippen molar-refractivity contribution >= 4 is 28.5 Å². The predicted molar refractivity (Wildman–Crippen MR) is 69.4 cm³/mol. The number of hydrogen-bond acceptors (Lipinski definition) is 5. The lowest BCUT2D eigenvalue weighted by atomic mass is 10.2. The van der Waals surface area contributed by atoms with Crippen LogP contribution in [0.5, 0.6) is 0 Å². The number of nitrogens with zero attached hydrogens (tertiary/aromatic N) is 2. The molecule has 0 atom stereocenters. The molecule has 0 aliphatic carbocycles. The second kappa shape index (κ2) is 6.20. The third-order valence-corrected chi connectivity index (χ3v) is 3.07. The van der Waals surface area contributed by atoms with Crippen LogP contribution in [0.2, 0.25) is 0 Å². The highest BCUT2D eigenvalue weighted by atomic mass is 32.1. The zero-order valence-corrected chi connectivity index (χ0v) is 11.3. The Morgan fingerprint density at radius 1 is 1.39 bits per heavy atom. The third kappa shape index (κ3) is 3.59. The van der Waals surface area contributed by atoms with E-state index in [1.165, 1.54) is 4.90 Å². The molecule has 0 bridgehead atoms. The van der Waals surface area contributed by atoms with Crippen LogP contribution in [0.3, 0.4) is 0 Å². The van der Waals surface area contributed by atoms with Gasteiger partial charge in [0.2, 0.25) is 0 Å². The number of urea groups is 1. The molecule has 0 aliphatic rings. The van der Waals surface area contributed by atoms with E-state index in [4.69, 9.17) is 5.11 Å². The molecule has 0 aromatic carbocycles. The number of carboxylic acid groups (broad SMARTS) is 1. The van der Waals surface area contributed by atoms with Crippen LogP contribution in [-0.4, -0.2) is 53.6 Å². The van der Waals surface area contributed by atoms with E-state index in [0.717, 1.165) is 11.5 Å². The van der Waals surface area contributed by atoms with Gasteiger partial charge in [0.1, 0.15) is 10.6 Å². The van der Waals surface area contributed by atoms with E-state index in [1.807, 2.05) is 0 Å². The Kier molecular flexibility index (Phi) is 4.90. The summed E-state index contributed by atoms with van der Waals surface area (Å²) in [5.74, 6) is -0.999. The largest absolute Gasteiger partial charge is 0.478 e. The molecule has 0 saturated carbocycles. The van der Waals surface area contributed by atoms with Crippen LogP contribution in [0.25, 0.3) is 0 Å². The van der Waals surface area contributed by atoms with Gasteiger partial charge in [-0.2, -0.15) is 4.37 Å². The van der Waals surface area contributed by atoms with Gasteiger partial charge < -0.3 is 20.6 Å². The first-order valence-corrected chi connectivity index (χ1v) is 6.09.